The zero-order chi connectivity index (χ0) is 7.28. The zero-order valence-corrected chi connectivity index (χ0v) is 5.59. The van der Waals surface area contributed by atoms with E-state index in [0.29, 0.717) is 5.70 Å². The number of rotatable bonds is 1. The van der Waals surface area contributed by atoms with E-state index in [4.69, 9.17) is 5.73 Å². The predicted molar refractivity (Wildman–Crippen MR) is 37.1 cm³/mol. The van der Waals surface area contributed by atoms with Gasteiger partial charge in [0.15, 0.2) is 0 Å². The van der Waals surface area contributed by atoms with E-state index >= 15 is 0 Å². The fourth-order valence-electron chi connectivity index (χ4n) is 0.260. The van der Waals surface area contributed by atoms with E-state index < -0.39 is 0 Å². The molecule has 0 bridgehead atoms. The lowest BCUT2D eigenvalue weighted by Crippen LogP contribution is -1.90. The molecule has 0 fully saturated rings. The lowest BCUT2D eigenvalue weighted by Gasteiger charge is -1.81. The summed E-state index contributed by atoms with van der Waals surface area (Å²) >= 11 is 0. The summed E-state index contributed by atoms with van der Waals surface area (Å²) in [5.74, 6) is -0.215. The van der Waals surface area contributed by atoms with Crippen LogP contribution in [-0.2, 0) is 4.79 Å². The summed E-state index contributed by atoms with van der Waals surface area (Å²) in [5, 5.41) is 0. The Balaban J connectivity index is 3.74. The Morgan fingerprint density at radius 1 is 1.56 bits per heavy atom. The first kappa shape index (κ1) is 7.88. The van der Waals surface area contributed by atoms with Crippen LogP contribution in [0.3, 0.4) is 0 Å². The predicted octanol–water partition coefficient (Wildman–Crippen LogP) is 0.466. The molecule has 0 rings (SSSR count). The number of nitrogens with zero attached hydrogens (tertiary/aromatic N) is 1. The Hall–Kier alpha value is -1.12. The van der Waals surface area contributed by atoms with Crippen molar-refractivity contribution < 1.29 is 4.79 Å². The van der Waals surface area contributed by atoms with Crippen LogP contribution in [0.2, 0.25) is 0 Å². The van der Waals surface area contributed by atoms with Crippen molar-refractivity contribution in [3.8, 4) is 0 Å². The van der Waals surface area contributed by atoms with Crippen LogP contribution < -0.4 is 5.73 Å². The second kappa shape index (κ2) is 3.83. The van der Waals surface area contributed by atoms with E-state index in [1.165, 1.54) is 13.1 Å². The van der Waals surface area contributed by atoms with Crippen LogP contribution in [0.4, 0.5) is 0 Å². The number of hydrogen-bond acceptors (Lipinski definition) is 2. The highest BCUT2D eigenvalue weighted by Crippen LogP contribution is 1.75. The van der Waals surface area contributed by atoms with Gasteiger partial charge in [-0.2, -0.15) is 0 Å². The minimum Gasteiger partial charge on any atom is -0.402 e. The fourth-order valence-corrected chi connectivity index (χ4v) is 0.260. The molecular weight excluding hydrogens is 116 g/mol. The Morgan fingerprint density at radius 3 is 2.44 bits per heavy atom. The van der Waals surface area contributed by atoms with Gasteiger partial charge in [-0.3, -0.25) is 4.79 Å². The van der Waals surface area contributed by atoms with Crippen molar-refractivity contribution in [3.05, 3.63) is 11.8 Å². The smallest absolute Gasteiger partial charge is 0.242 e. The summed E-state index contributed by atoms with van der Waals surface area (Å²) in [7, 11) is 0. The van der Waals surface area contributed by atoms with Gasteiger partial charge in [0.2, 0.25) is 5.91 Å². The summed E-state index contributed by atoms with van der Waals surface area (Å²) < 4.78 is 0. The standard InChI is InChI=1S/C6H10N2O/c1-5(7)3-4-8-6(2)9/h3-4H,7H2,1-2H3/b5-3-,8-4?. The van der Waals surface area contributed by atoms with Gasteiger partial charge < -0.3 is 5.73 Å². The molecule has 3 nitrogen and oxygen atoms in total. The lowest BCUT2D eigenvalue weighted by molar-refractivity contribution is -0.115. The molecule has 0 aromatic carbocycles. The van der Waals surface area contributed by atoms with Gasteiger partial charge in [-0.05, 0) is 13.0 Å². The SMILES string of the molecule is CC(=O)N=C/C=C(/C)N. The third-order valence-electron chi connectivity index (χ3n) is 0.594. The number of allylic oxidation sites excluding steroid dienone is 2. The van der Waals surface area contributed by atoms with Crippen molar-refractivity contribution in [1.82, 2.24) is 0 Å². The van der Waals surface area contributed by atoms with E-state index in [1.807, 2.05) is 0 Å². The Labute approximate surface area is 54.3 Å². The molecule has 3 heteroatoms. The van der Waals surface area contributed by atoms with Crippen LogP contribution >= 0.6 is 0 Å². The first-order valence-corrected chi connectivity index (χ1v) is 2.60. The molecule has 0 aliphatic carbocycles. The first-order valence-electron chi connectivity index (χ1n) is 2.60. The van der Waals surface area contributed by atoms with Crippen LogP contribution in [0.1, 0.15) is 13.8 Å². The summed E-state index contributed by atoms with van der Waals surface area (Å²) in [6.45, 7) is 3.11. The molecule has 0 unspecified atom stereocenters. The molecule has 0 spiro atoms. The number of nitrogens with two attached hydrogens (primary N) is 1. The maximum Gasteiger partial charge on any atom is 0.242 e. The highest BCUT2D eigenvalue weighted by molar-refractivity contribution is 5.87. The quantitative estimate of drug-likeness (QED) is 0.519. The Bertz CT molecular complexity index is 154. The lowest BCUT2D eigenvalue weighted by atomic mass is 10.5. The van der Waals surface area contributed by atoms with Crippen LogP contribution in [0.15, 0.2) is 16.8 Å². The topological polar surface area (TPSA) is 55.5 Å². The Morgan fingerprint density at radius 2 is 2.11 bits per heavy atom. The molecule has 0 saturated carbocycles. The highest BCUT2D eigenvalue weighted by atomic mass is 16.1. The molecule has 50 valence electrons. The molecule has 0 aromatic heterocycles. The number of carbonyl (C=O) groups is 1. The van der Waals surface area contributed by atoms with Crippen LogP contribution in [0, 0.1) is 0 Å². The number of hydrogen-bond donors (Lipinski definition) is 1. The molecule has 1 amide bonds. The molecule has 0 saturated heterocycles. The molecular formula is C6H10N2O. The summed E-state index contributed by atoms with van der Waals surface area (Å²) in [6, 6.07) is 0. The number of carbonyl (C=O) groups excluding carboxylic acids is 1. The molecule has 0 aromatic rings. The van der Waals surface area contributed by atoms with Gasteiger partial charge in [0, 0.05) is 18.8 Å². The molecule has 0 aliphatic rings. The molecule has 9 heavy (non-hydrogen) atoms. The van der Waals surface area contributed by atoms with Crippen molar-refractivity contribution in [1.29, 1.82) is 0 Å². The average molecular weight is 126 g/mol. The van der Waals surface area contributed by atoms with Crippen molar-refractivity contribution in [2.45, 2.75) is 13.8 Å². The molecule has 0 heterocycles. The van der Waals surface area contributed by atoms with E-state index in [1.54, 1.807) is 13.0 Å². The van der Waals surface area contributed by atoms with E-state index in [9.17, 15) is 4.79 Å². The highest BCUT2D eigenvalue weighted by Gasteiger charge is 1.77. The maximum atomic E-state index is 10.2. The summed E-state index contributed by atoms with van der Waals surface area (Å²) in [4.78, 5) is 13.6. The second-order valence-electron chi connectivity index (χ2n) is 1.71. The minimum atomic E-state index is -0.215. The fraction of sp³-hybridized carbons (Fsp3) is 0.333. The average Bonchev–Trinajstić information content (AvgIpc) is 1.63. The summed E-state index contributed by atoms with van der Waals surface area (Å²) in [5.41, 5.74) is 5.88. The Kier molecular flexibility index (Phi) is 3.35. The molecule has 0 radical (unpaired) electrons. The van der Waals surface area contributed by atoms with Gasteiger partial charge in [-0.25, -0.2) is 4.99 Å². The first-order chi connectivity index (χ1) is 4.13. The third-order valence-corrected chi connectivity index (χ3v) is 0.594. The van der Waals surface area contributed by atoms with Gasteiger partial charge in [-0.1, -0.05) is 0 Å². The van der Waals surface area contributed by atoms with Crippen molar-refractivity contribution in [2.75, 3.05) is 0 Å². The van der Waals surface area contributed by atoms with Crippen molar-refractivity contribution >= 4 is 12.1 Å². The minimum absolute atomic E-state index is 0.215. The monoisotopic (exact) mass is 126 g/mol. The zero-order valence-electron chi connectivity index (χ0n) is 5.59. The summed E-state index contributed by atoms with van der Waals surface area (Å²) in [6.07, 6.45) is 2.96. The van der Waals surface area contributed by atoms with Gasteiger partial charge >= 0.3 is 0 Å². The van der Waals surface area contributed by atoms with Gasteiger partial charge in [0.25, 0.3) is 0 Å². The van der Waals surface area contributed by atoms with E-state index in [-0.39, 0.29) is 5.91 Å². The van der Waals surface area contributed by atoms with Crippen LogP contribution in [-0.4, -0.2) is 12.1 Å². The van der Waals surface area contributed by atoms with Crippen LogP contribution in [0.25, 0.3) is 0 Å². The third kappa shape index (κ3) is 6.88. The van der Waals surface area contributed by atoms with Gasteiger partial charge in [0.1, 0.15) is 0 Å². The largest absolute Gasteiger partial charge is 0.402 e. The van der Waals surface area contributed by atoms with E-state index in [2.05, 4.69) is 4.99 Å². The second-order valence-corrected chi connectivity index (χ2v) is 1.71. The number of amides is 1. The van der Waals surface area contributed by atoms with Crippen molar-refractivity contribution in [2.24, 2.45) is 10.7 Å². The molecule has 0 aliphatic heterocycles. The number of aliphatic imine (C=N–C) groups is 1. The normalized spacial score (nSPS) is 12.4. The van der Waals surface area contributed by atoms with Gasteiger partial charge in [0.05, 0.1) is 0 Å². The van der Waals surface area contributed by atoms with E-state index in [0.717, 1.165) is 0 Å². The van der Waals surface area contributed by atoms with Crippen LogP contribution in [0.5, 0.6) is 0 Å². The van der Waals surface area contributed by atoms with Gasteiger partial charge in [-0.15, -0.1) is 0 Å². The molecule has 0 atom stereocenters. The molecule has 2 N–H and O–H groups in total. The van der Waals surface area contributed by atoms with Crippen molar-refractivity contribution in [3.63, 3.8) is 0 Å². The maximum absolute atomic E-state index is 10.2.